The summed E-state index contributed by atoms with van der Waals surface area (Å²) in [6, 6.07) is 5.23. The molecule has 0 unspecified atom stereocenters. The van der Waals surface area contributed by atoms with E-state index < -0.39 is 10.9 Å². The van der Waals surface area contributed by atoms with Crippen LogP contribution in [0.5, 0.6) is 17.2 Å². The Balaban J connectivity index is 2.45. The van der Waals surface area contributed by atoms with Crippen LogP contribution in [0.4, 0.5) is 5.69 Å². The largest absolute Gasteiger partial charge is 0.496 e. The second kappa shape index (κ2) is 5.87. The van der Waals surface area contributed by atoms with Gasteiger partial charge in [0.15, 0.2) is 5.75 Å². The van der Waals surface area contributed by atoms with Crippen molar-refractivity contribution in [1.82, 2.24) is 4.98 Å². The topological polar surface area (TPSA) is 112 Å². The molecule has 0 bridgehead atoms. The number of hydrogen-bond donors (Lipinski definition) is 1. The number of nitrogens with zero attached hydrogens (tertiary/aromatic N) is 2. The Morgan fingerprint density at radius 2 is 2.10 bits per heavy atom. The van der Waals surface area contributed by atoms with E-state index in [9.17, 15) is 14.9 Å². The van der Waals surface area contributed by atoms with Crippen LogP contribution < -0.4 is 9.47 Å². The number of rotatable bonds is 5. The van der Waals surface area contributed by atoms with Crippen LogP contribution >= 0.6 is 0 Å². The second-order valence-electron chi connectivity index (χ2n) is 3.87. The number of nitro groups is 1. The molecule has 0 radical (unpaired) electrons. The summed E-state index contributed by atoms with van der Waals surface area (Å²) in [7, 11) is 1.38. The molecule has 0 aliphatic heterocycles. The number of carboxylic acid groups (broad SMARTS) is 1. The first-order chi connectivity index (χ1) is 10.0. The highest BCUT2D eigenvalue weighted by atomic mass is 16.6. The number of ether oxygens (including phenoxy) is 2. The second-order valence-corrected chi connectivity index (χ2v) is 3.87. The first-order valence-electron chi connectivity index (χ1n) is 5.70. The first-order valence-corrected chi connectivity index (χ1v) is 5.70. The van der Waals surface area contributed by atoms with Gasteiger partial charge < -0.3 is 14.6 Å². The van der Waals surface area contributed by atoms with Gasteiger partial charge in [-0.25, -0.2) is 4.79 Å². The number of nitro benzene ring substituents is 1. The van der Waals surface area contributed by atoms with Crippen LogP contribution in [0.3, 0.4) is 0 Å². The predicted octanol–water partition coefficient (Wildman–Crippen LogP) is 2.49. The molecule has 108 valence electrons. The fourth-order valence-electron chi connectivity index (χ4n) is 1.61. The summed E-state index contributed by atoms with van der Waals surface area (Å²) in [5.74, 6) is -1.11. The highest BCUT2D eigenvalue weighted by Gasteiger charge is 2.20. The van der Waals surface area contributed by atoms with Crippen molar-refractivity contribution in [3.63, 3.8) is 0 Å². The van der Waals surface area contributed by atoms with Crippen LogP contribution in [0.1, 0.15) is 10.4 Å². The van der Waals surface area contributed by atoms with Crippen LogP contribution in [0.2, 0.25) is 0 Å². The first kappa shape index (κ1) is 14.3. The zero-order valence-electron chi connectivity index (χ0n) is 10.8. The Labute approximate surface area is 118 Å². The fraction of sp³-hybridized carbons (Fsp3) is 0.0769. The van der Waals surface area contributed by atoms with E-state index in [2.05, 4.69) is 4.98 Å². The van der Waals surface area contributed by atoms with Gasteiger partial charge in [0.25, 0.3) is 0 Å². The standard InChI is InChI=1S/C13H10N2O6/c1-20-8-2-3-11(10(6-8)15(18)19)21-12-7-14-5-4-9(12)13(16)17/h2-7H,1H3,(H,16,17). The van der Waals surface area contributed by atoms with Gasteiger partial charge in [0.1, 0.15) is 11.3 Å². The lowest BCUT2D eigenvalue weighted by Gasteiger charge is -2.09. The Bertz CT molecular complexity index is 701. The molecule has 0 aliphatic rings. The zero-order chi connectivity index (χ0) is 15.4. The molecule has 0 atom stereocenters. The van der Waals surface area contributed by atoms with E-state index >= 15 is 0 Å². The molecule has 2 rings (SSSR count). The van der Waals surface area contributed by atoms with Gasteiger partial charge in [0.2, 0.25) is 5.75 Å². The molecule has 0 saturated carbocycles. The van der Waals surface area contributed by atoms with Crippen molar-refractivity contribution in [2.75, 3.05) is 7.11 Å². The Morgan fingerprint density at radius 3 is 2.71 bits per heavy atom. The maximum atomic E-state index is 11.1. The number of pyridine rings is 1. The van der Waals surface area contributed by atoms with Gasteiger partial charge in [0.05, 0.1) is 24.3 Å². The smallest absolute Gasteiger partial charge is 0.339 e. The van der Waals surface area contributed by atoms with Gasteiger partial charge in [-0.2, -0.15) is 0 Å². The van der Waals surface area contributed by atoms with Crippen molar-refractivity contribution in [3.05, 3.63) is 52.3 Å². The normalized spacial score (nSPS) is 9.95. The van der Waals surface area contributed by atoms with Crippen LogP contribution in [-0.2, 0) is 0 Å². The van der Waals surface area contributed by atoms with Crippen molar-refractivity contribution < 1.29 is 24.3 Å². The number of carbonyl (C=O) groups is 1. The number of benzene rings is 1. The lowest BCUT2D eigenvalue weighted by atomic mass is 10.2. The molecule has 0 spiro atoms. The van der Waals surface area contributed by atoms with Gasteiger partial charge in [-0.05, 0) is 18.2 Å². The van der Waals surface area contributed by atoms with Gasteiger partial charge >= 0.3 is 11.7 Å². The molecular weight excluding hydrogens is 280 g/mol. The minimum absolute atomic E-state index is 0.0849. The van der Waals surface area contributed by atoms with E-state index in [1.165, 1.54) is 43.8 Å². The summed E-state index contributed by atoms with van der Waals surface area (Å²) in [5.41, 5.74) is -0.482. The number of carboxylic acids is 1. The lowest BCUT2D eigenvalue weighted by Crippen LogP contribution is -2.01. The molecule has 0 fully saturated rings. The van der Waals surface area contributed by atoms with E-state index in [0.717, 1.165) is 0 Å². The van der Waals surface area contributed by atoms with E-state index in [0.29, 0.717) is 5.75 Å². The minimum atomic E-state index is -1.22. The van der Waals surface area contributed by atoms with Crippen molar-refractivity contribution in [1.29, 1.82) is 0 Å². The Kier molecular flexibility index (Phi) is 3.98. The Morgan fingerprint density at radius 1 is 1.33 bits per heavy atom. The number of aromatic carboxylic acids is 1. The van der Waals surface area contributed by atoms with Crippen LogP contribution in [0.15, 0.2) is 36.7 Å². The summed E-state index contributed by atoms with van der Waals surface area (Å²) < 4.78 is 10.2. The van der Waals surface area contributed by atoms with Crippen LogP contribution in [0.25, 0.3) is 0 Å². The van der Waals surface area contributed by atoms with E-state index in [1.807, 2.05) is 0 Å². The summed E-state index contributed by atoms with van der Waals surface area (Å²) in [4.78, 5) is 25.2. The zero-order valence-corrected chi connectivity index (χ0v) is 10.8. The van der Waals surface area contributed by atoms with Crippen LogP contribution in [-0.4, -0.2) is 28.1 Å². The van der Waals surface area contributed by atoms with Crippen LogP contribution in [0, 0.1) is 10.1 Å². The number of aromatic nitrogens is 1. The van der Waals surface area contributed by atoms with Crippen molar-refractivity contribution in [2.45, 2.75) is 0 Å². The molecule has 0 saturated heterocycles. The summed E-state index contributed by atoms with van der Waals surface area (Å²) in [5, 5.41) is 20.1. The molecule has 0 aliphatic carbocycles. The van der Waals surface area contributed by atoms with Crippen molar-refractivity contribution in [3.8, 4) is 17.2 Å². The Hall–Kier alpha value is -3.16. The molecule has 1 N–H and O–H groups in total. The highest BCUT2D eigenvalue weighted by molar-refractivity contribution is 5.90. The SMILES string of the molecule is COc1ccc(Oc2cnccc2C(=O)O)c([N+](=O)[O-])c1. The molecule has 21 heavy (non-hydrogen) atoms. The number of methoxy groups -OCH3 is 1. The summed E-state index contributed by atoms with van der Waals surface area (Å²) in [6.07, 6.45) is 2.47. The third kappa shape index (κ3) is 3.06. The fourth-order valence-corrected chi connectivity index (χ4v) is 1.61. The predicted molar refractivity (Wildman–Crippen MR) is 70.9 cm³/mol. The van der Waals surface area contributed by atoms with Gasteiger partial charge in [-0.1, -0.05) is 0 Å². The van der Waals surface area contributed by atoms with E-state index in [-0.39, 0.29) is 22.7 Å². The highest BCUT2D eigenvalue weighted by Crippen LogP contribution is 2.35. The number of hydrogen-bond acceptors (Lipinski definition) is 6. The molecular formula is C13H10N2O6. The minimum Gasteiger partial charge on any atom is -0.496 e. The summed E-state index contributed by atoms with van der Waals surface area (Å²) >= 11 is 0. The third-order valence-corrected chi connectivity index (χ3v) is 2.60. The van der Waals surface area contributed by atoms with Crippen molar-refractivity contribution in [2.24, 2.45) is 0 Å². The van der Waals surface area contributed by atoms with Gasteiger partial charge in [-0.3, -0.25) is 15.1 Å². The molecule has 1 heterocycles. The van der Waals surface area contributed by atoms with Gasteiger partial charge in [0, 0.05) is 6.20 Å². The summed E-state index contributed by atoms with van der Waals surface area (Å²) in [6.45, 7) is 0. The maximum absolute atomic E-state index is 11.1. The quantitative estimate of drug-likeness (QED) is 0.664. The average Bonchev–Trinajstić information content (AvgIpc) is 2.47. The molecule has 0 amide bonds. The lowest BCUT2D eigenvalue weighted by molar-refractivity contribution is -0.385. The maximum Gasteiger partial charge on any atom is 0.339 e. The molecule has 1 aromatic carbocycles. The molecule has 2 aromatic rings. The third-order valence-electron chi connectivity index (χ3n) is 2.60. The average molecular weight is 290 g/mol. The molecule has 8 nitrogen and oxygen atoms in total. The molecule has 8 heteroatoms. The van der Waals surface area contributed by atoms with E-state index in [1.54, 1.807) is 0 Å². The van der Waals surface area contributed by atoms with Crippen molar-refractivity contribution >= 4 is 11.7 Å². The molecule has 1 aromatic heterocycles. The van der Waals surface area contributed by atoms with E-state index in [4.69, 9.17) is 14.6 Å². The monoisotopic (exact) mass is 290 g/mol. The van der Waals surface area contributed by atoms with Gasteiger partial charge in [-0.15, -0.1) is 0 Å².